The van der Waals surface area contributed by atoms with Gasteiger partial charge in [-0.3, -0.25) is 9.36 Å². The van der Waals surface area contributed by atoms with Gasteiger partial charge in [-0.05, 0) is 31.4 Å². The summed E-state index contributed by atoms with van der Waals surface area (Å²) < 4.78 is 22.8. The second kappa shape index (κ2) is 8.62. The van der Waals surface area contributed by atoms with E-state index in [1.165, 1.54) is 0 Å². The van der Waals surface area contributed by atoms with Gasteiger partial charge in [0.2, 0.25) is 0 Å². The van der Waals surface area contributed by atoms with Crippen LogP contribution in [0.4, 0.5) is 0 Å². The van der Waals surface area contributed by atoms with Crippen LogP contribution >= 0.6 is 8.46 Å². The standard InChI is InChI=1S/C19H27O4P/c1-4-5-11-16(24-21)19(12-6-7-13-19)18(20)17-14(22-2)9-8-10-15(17)23-3/h8-10,16H,4-7,11-13H2,1-3H3. The van der Waals surface area contributed by atoms with Gasteiger partial charge in [-0.25, -0.2) is 0 Å². The number of hydrogen-bond donors (Lipinski definition) is 0. The van der Waals surface area contributed by atoms with E-state index < -0.39 is 5.41 Å². The molecule has 0 bridgehead atoms. The Balaban J connectivity index is 2.49. The van der Waals surface area contributed by atoms with Crippen LogP contribution in [0, 0.1) is 5.41 Å². The van der Waals surface area contributed by atoms with E-state index in [-0.39, 0.29) is 19.9 Å². The zero-order chi connectivity index (χ0) is 17.6. The van der Waals surface area contributed by atoms with Gasteiger partial charge in [0, 0.05) is 5.41 Å². The third-order valence-corrected chi connectivity index (χ3v) is 6.21. The van der Waals surface area contributed by atoms with Gasteiger partial charge in [-0.15, -0.1) is 0 Å². The number of ether oxygens (including phenoxy) is 2. The molecule has 24 heavy (non-hydrogen) atoms. The van der Waals surface area contributed by atoms with Crippen molar-refractivity contribution < 1.29 is 18.8 Å². The Morgan fingerprint density at radius 2 is 1.79 bits per heavy atom. The highest BCUT2D eigenvalue weighted by atomic mass is 31.1. The molecule has 1 unspecified atom stereocenters. The van der Waals surface area contributed by atoms with Gasteiger partial charge in [0.05, 0.1) is 19.9 Å². The molecule has 1 aromatic rings. The van der Waals surface area contributed by atoms with Gasteiger partial charge < -0.3 is 9.47 Å². The maximum absolute atomic E-state index is 13.6. The first-order valence-corrected chi connectivity index (χ1v) is 9.61. The van der Waals surface area contributed by atoms with Crippen LogP contribution in [0.3, 0.4) is 0 Å². The van der Waals surface area contributed by atoms with Gasteiger partial charge in [-0.2, -0.15) is 0 Å². The first kappa shape index (κ1) is 18.9. The van der Waals surface area contributed by atoms with Crippen molar-refractivity contribution in [3.05, 3.63) is 23.8 Å². The van der Waals surface area contributed by atoms with Gasteiger partial charge in [0.1, 0.15) is 17.1 Å². The van der Waals surface area contributed by atoms with E-state index in [0.29, 0.717) is 17.1 Å². The summed E-state index contributed by atoms with van der Waals surface area (Å²) in [5.74, 6) is 1.09. The Hall–Kier alpha value is -1.41. The Bertz CT molecular complexity index is 556. The van der Waals surface area contributed by atoms with Crippen molar-refractivity contribution >= 4 is 14.2 Å². The number of ketones is 1. The van der Waals surface area contributed by atoms with Crippen LogP contribution in [-0.2, 0) is 4.57 Å². The number of methoxy groups -OCH3 is 2. The molecule has 0 radical (unpaired) electrons. The van der Waals surface area contributed by atoms with Gasteiger partial charge in [0.25, 0.3) is 0 Å². The number of carbonyl (C=O) groups excluding carboxylic acids is 1. The maximum Gasteiger partial charge on any atom is 0.177 e. The van der Waals surface area contributed by atoms with Crippen LogP contribution in [0.25, 0.3) is 0 Å². The first-order chi connectivity index (χ1) is 11.6. The molecule has 0 heterocycles. The molecule has 1 aromatic carbocycles. The molecular weight excluding hydrogens is 323 g/mol. The highest BCUT2D eigenvalue weighted by Crippen LogP contribution is 2.51. The lowest BCUT2D eigenvalue weighted by molar-refractivity contribution is 0.0779. The van der Waals surface area contributed by atoms with Crippen molar-refractivity contribution in [2.45, 2.75) is 57.5 Å². The third kappa shape index (κ3) is 3.49. The molecule has 0 amide bonds. The summed E-state index contributed by atoms with van der Waals surface area (Å²) in [5, 5.41) is 0. The lowest BCUT2D eigenvalue weighted by atomic mass is 9.74. The minimum Gasteiger partial charge on any atom is -0.496 e. The summed E-state index contributed by atoms with van der Waals surface area (Å²) in [7, 11) is 3.20. The van der Waals surface area contributed by atoms with Crippen molar-refractivity contribution in [2.75, 3.05) is 14.2 Å². The predicted molar refractivity (Wildman–Crippen MR) is 95.7 cm³/mol. The molecular formula is C19H27O4P. The van der Waals surface area contributed by atoms with Crippen molar-refractivity contribution in [3.8, 4) is 11.5 Å². The molecule has 132 valence electrons. The van der Waals surface area contributed by atoms with Gasteiger partial charge in [-0.1, -0.05) is 38.7 Å². The highest BCUT2D eigenvalue weighted by molar-refractivity contribution is 7.24. The van der Waals surface area contributed by atoms with Crippen LogP contribution in [0.15, 0.2) is 18.2 Å². The lowest BCUT2D eigenvalue weighted by Gasteiger charge is -2.33. The summed E-state index contributed by atoms with van der Waals surface area (Å²) in [5.41, 5.74) is -0.211. The van der Waals surface area contributed by atoms with Crippen LogP contribution in [-0.4, -0.2) is 25.7 Å². The second-order valence-electron chi connectivity index (χ2n) is 6.49. The normalized spacial score (nSPS) is 17.6. The molecule has 0 saturated heterocycles. The topological polar surface area (TPSA) is 52.6 Å². The minimum absolute atomic E-state index is 0.0266. The van der Waals surface area contributed by atoms with E-state index in [1.807, 2.05) is 6.07 Å². The van der Waals surface area contributed by atoms with E-state index in [2.05, 4.69) is 6.92 Å². The average Bonchev–Trinajstić information content (AvgIpc) is 3.11. The van der Waals surface area contributed by atoms with Gasteiger partial charge in [0.15, 0.2) is 14.2 Å². The summed E-state index contributed by atoms with van der Waals surface area (Å²) >= 11 is 0. The monoisotopic (exact) mass is 350 g/mol. The number of carbonyl (C=O) groups is 1. The Kier molecular flexibility index (Phi) is 6.79. The molecule has 1 atom stereocenters. The second-order valence-corrected chi connectivity index (χ2v) is 7.33. The summed E-state index contributed by atoms with van der Waals surface area (Å²) in [6.45, 7) is 2.12. The minimum atomic E-state index is -0.569. The molecule has 1 aliphatic carbocycles. The van der Waals surface area contributed by atoms with E-state index in [4.69, 9.17) is 9.47 Å². The quantitative estimate of drug-likeness (QED) is 0.448. The highest BCUT2D eigenvalue weighted by Gasteiger charge is 2.49. The van der Waals surface area contributed by atoms with Crippen molar-refractivity contribution in [1.29, 1.82) is 0 Å². The fourth-order valence-corrected chi connectivity index (χ4v) is 4.73. The van der Waals surface area contributed by atoms with Crippen molar-refractivity contribution in [2.24, 2.45) is 5.41 Å². The fourth-order valence-electron chi connectivity index (χ4n) is 3.87. The number of Topliss-reactive ketones (excluding diaryl/α,β-unsaturated/α-hetero) is 1. The Labute approximate surface area is 146 Å². The van der Waals surface area contributed by atoms with Crippen LogP contribution < -0.4 is 9.47 Å². The molecule has 0 spiro atoms. The van der Waals surface area contributed by atoms with E-state index >= 15 is 0 Å². The summed E-state index contributed by atoms with van der Waals surface area (Å²) in [4.78, 5) is 13.6. The molecule has 1 saturated carbocycles. The average molecular weight is 350 g/mol. The third-order valence-electron chi connectivity index (χ3n) is 5.20. The van der Waals surface area contributed by atoms with Crippen LogP contribution in [0.2, 0.25) is 0 Å². The SMILES string of the molecule is CCCCC(P=O)C1(C(=O)c2c(OC)cccc2OC)CCCC1. The summed E-state index contributed by atoms with van der Waals surface area (Å²) in [6.07, 6.45) is 6.41. The number of rotatable bonds is 9. The van der Waals surface area contributed by atoms with Crippen molar-refractivity contribution in [3.63, 3.8) is 0 Å². The lowest BCUT2D eigenvalue weighted by Crippen LogP contribution is -2.38. The largest absolute Gasteiger partial charge is 0.496 e. The van der Waals surface area contributed by atoms with E-state index in [0.717, 1.165) is 44.9 Å². The molecule has 0 aromatic heterocycles. The Morgan fingerprint density at radius 3 is 2.25 bits per heavy atom. The number of benzene rings is 1. The van der Waals surface area contributed by atoms with E-state index in [1.54, 1.807) is 26.4 Å². The first-order valence-electron chi connectivity index (χ1n) is 8.72. The van der Waals surface area contributed by atoms with Crippen molar-refractivity contribution in [1.82, 2.24) is 0 Å². The number of hydrogen-bond acceptors (Lipinski definition) is 4. The molecule has 1 aliphatic rings. The van der Waals surface area contributed by atoms with Crippen LogP contribution in [0.5, 0.6) is 11.5 Å². The summed E-state index contributed by atoms with van der Waals surface area (Å²) in [6, 6.07) is 5.39. The number of unbranched alkanes of at least 4 members (excludes halogenated alkanes) is 1. The predicted octanol–water partition coefficient (Wildman–Crippen LogP) is 5.30. The van der Waals surface area contributed by atoms with Crippen LogP contribution in [0.1, 0.15) is 62.2 Å². The van der Waals surface area contributed by atoms with E-state index in [9.17, 15) is 9.36 Å². The molecule has 0 N–H and O–H groups in total. The molecule has 2 rings (SSSR count). The zero-order valence-electron chi connectivity index (χ0n) is 14.8. The zero-order valence-corrected chi connectivity index (χ0v) is 15.7. The van der Waals surface area contributed by atoms with Gasteiger partial charge >= 0.3 is 0 Å². The maximum atomic E-state index is 13.6. The molecule has 4 nitrogen and oxygen atoms in total. The molecule has 5 heteroatoms. The fraction of sp³-hybridized carbons (Fsp3) is 0.632. The molecule has 0 aliphatic heterocycles. The smallest absolute Gasteiger partial charge is 0.177 e. The molecule has 1 fully saturated rings. The Morgan fingerprint density at radius 1 is 1.21 bits per heavy atom.